The summed E-state index contributed by atoms with van der Waals surface area (Å²) in [6.45, 7) is 0. The van der Waals surface area contributed by atoms with E-state index in [1.807, 2.05) is 24.3 Å². The van der Waals surface area contributed by atoms with Crippen LogP contribution in [0, 0.1) is 5.82 Å². The molecule has 0 aliphatic carbocycles. The second-order valence-electron chi connectivity index (χ2n) is 5.45. The molecular formula is C18H15ClFN3O3S. The highest BCUT2D eigenvalue weighted by atomic mass is 35.5. The van der Waals surface area contributed by atoms with Crippen LogP contribution in [0.3, 0.4) is 0 Å². The van der Waals surface area contributed by atoms with Crippen LogP contribution in [0.4, 0.5) is 10.1 Å². The molecule has 0 aliphatic rings. The molecule has 2 aromatic carbocycles. The molecule has 0 saturated carbocycles. The van der Waals surface area contributed by atoms with Gasteiger partial charge in [0.2, 0.25) is 11.8 Å². The van der Waals surface area contributed by atoms with Gasteiger partial charge >= 0.3 is 0 Å². The maximum absolute atomic E-state index is 13.0. The summed E-state index contributed by atoms with van der Waals surface area (Å²) in [4.78, 5) is 12.0. The molecule has 1 N–H and O–H groups in total. The number of carbonyl (C=O) groups excluding carboxylic acids is 1. The fourth-order valence-electron chi connectivity index (χ4n) is 2.19. The summed E-state index contributed by atoms with van der Waals surface area (Å²) in [6, 6.07) is 11.3. The van der Waals surface area contributed by atoms with Gasteiger partial charge in [0.25, 0.3) is 5.22 Å². The third-order valence-electron chi connectivity index (χ3n) is 3.49. The fourth-order valence-corrected chi connectivity index (χ4v) is 2.99. The highest BCUT2D eigenvalue weighted by Crippen LogP contribution is 2.23. The molecule has 3 aromatic rings. The van der Waals surface area contributed by atoms with Crippen LogP contribution in [-0.4, -0.2) is 29.0 Å². The summed E-state index contributed by atoms with van der Waals surface area (Å²) in [5.41, 5.74) is 1.34. The maximum atomic E-state index is 13.0. The average Bonchev–Trinajstić information content (AvgIpc) is 3.10. The van der Waals surface area contributed by atoms with Crippen LogP contribution in [0.1, 0.15) is 11.5 Å². The van der Waals surface area contributed by atoms with Gasteiger partial charge in [0, 0.05) is 0 Å². The van der Waals surface area contributed by atoms with Crippen molar-refractivity contribution in [3.05, 3.63) is 64.8 Å². The molecular weight excluding hydrogens is 393 g/mol. The Balaban J connectivity index is 1.52. The Morgan fingerprint density at radius 2 is 2.04 bits per heavy atom. The first-order chi connectivity index (χ1) is 13.0. The van der Waals surface area contributed by atoms with Crippen LogP contribution in [0.2, 0.25) is 5.02 Å². The van der Waals surface area contributed by atoms with E-state index < -0.39 is 5.82 Å². The van der Waals surface area contributed by atoms with Gasteiger partial charge in [0.15, 0.2) is 0 Å². The van der Waals surface area contributed by atoms with Crippen molar-refractivity contribution in [2.45, 2.75) is 11.6 Å². The van der Waals surface area contributed by atoms with Crippen molar-refractivity contribution in [2.24, 2.45) is 0 Å². The summed E-state index contributed by atoms with van der Waals surface area (Å²) in [6.07, 6.45) is 0.481. The average molecular weight is 408 g/mol. The molecule has 27 heavy (non-hydrogen) atoms. The Morgan fingerprint density at radius 1 is 1.26 bits per heavy atom. The summed E-state index contributed by atoms with van der Waals surface area (Å²) in [5.74, 6) is 0.487. The van der Waals surface area contributed by atoms with Crippen molar-refractivity contribution >= 4 is 35.0 Å². The second-order valence-corrected chi connectivity index (χ2v) is 6.78. The van der Waals surface area contributed by atoms with E-state index in [-0.39, 0.29) is 16.7 Å². The lowest BCUT2D eigenvalue weighted by Crippen LogP contribution is -2.14. The number of nitrogens with one attached hydrogen (secondary N) is 1. The largest absolute Gasteiger partial charge is 0.497 e. The minimum atomic E-state index is -0.470. The Kier molecular flexibility index (Phi) is 6.31. The monoisotopic (exact) mass is 407 g/mol. The maximum Gasteiger partial charge on any atom is 0.277 e. The SMILES string of the molecule is COc1ccc(Cc2nnc(SCC(=O)Nc3ccc(F)cc3Cl)o2)cc1. The van der Waals surface area contributed by atoms with Crippen LogP contribution in [-0.2, 0) is 11.2 Å². The lowest BCUT2D eigenvalue weighted by atomic mass is 10.1. The minimum Gasteiger partial charge on any atom is -0.497 e. The van der Waals surface area contributed by atoms with Crippen molar-refractivity contribution in [3.63, 3.8) is 0 Å². The summed E-state index contributed by atoms with van der Waals surface area (Å²) in [7, 11) is 1.61. The second kappa shape index (κ2) is 8.88. The molecule has 0 atom stereocenters. The predicted octanol–water partition coefficient (Wildman–Crippen LogP) is 4.19. The van der Waals surface area contributed by atoms with Crippen molar-refractivity contribution < 1.29 is 18.3 Å². The molecule has 9 heteroatoms. The summed E-state index contributed by atoms with van der Waals surface area (Å²) < 4.78 is 23.7. The van der Waals surface area contributed by atoms with Crippen LogP contribution in [0.5, 0.6) is 5.75 Å². The van der Waals surface area contributed by atoms with Gasteiger partial charge in [-0.05, 0) is 35.9 Å². The van der Waals surface area contributed by atoms with Gasteiger partial charge in [-0.2, -0.15) is 0 Å². The molecule has 0 bridgehead atoms. The van der Waals surface area contributed by atoms with Crippen molar-refractivity contribution in [2.75, 3.05) is 18.2 Å². The highest BCUT2D eigenvalue weighted by molar-refractivity contribution is 7.99. The van der Waals surface area contributed by atoms with E-state index in [1.165, 1.54) is 12.1 Å². The van der Waals surface area contributed by atoms with Gasteiger partial charge in [0.05, 0.1) is 30.0 Å². The number of halogens is 2. The normalized spacial score (nSPS) is 10.6. The molecule has 0 aliphatic heterocycles. The number of nitrogens with zero attached hydrogens (tertiary/aromatic N) is 2. The van der Waals surface area contributed by atoms with Gasteiger partial charge < -0.3 is 14.5 Å². The molecule has 140 valence electrons. The smallest absolute Gasteiger partial charge is 0.277 e. The van der Waals surface area contributed by atoms with E-state index in [0.717, 1.165) is 29.1 Å². The molecule has 0 radical (unpaired) electrons. The summed E-state index contributed by atoms with van der Waals surface area (Å²) in [5, 5.41) is 10.9. The van der Waals surface area contributed by atoms with Crippen LogP contribution in [0.15, 0.2) is 52.1 Å². The number of aromatic nitrogens is 2. The third-order valence-corrected chi connectivity index (χ3v) is 4.63. The standard InChI is InChI=1S/C18H15ClFN3O3S/c1-25-13-5-2-11(3-6-13)8-17-22-23-18(26-17)27-10-16(24)21-15-7-4-12(20)9-14(15)19/h2-7,9H,8,10H2,1H3,(H,21,24). The van der Waals surface area contributed by atoms with E-state index in [0.29, 0.717) is 23.2 Å². The first-order valence-electron chi connectivity index (χ1n) is 7.86. The Hall–Kier alpha value is -2.58. The molecule has 1 heterocycles. The lowest BCUT2D eigenvalue weighted by Gasteiger charge is -2.06. The van der Waals surface area contributed by atoms with Gasteiger partial charge in [-0.3, -0.25) is 4.79 Å². The van der Waals surface area contributed by atoms with Gasteiger partial charge in [-0.15, -0.1) is 10.2 Å². The van der Waals surface area contributed by atoms with Crippen LogP contribution < -0.4 is 10.1 Å². The first-order valence-corrected chi connectivity index (χ1v) is 9.23. The third kappa shape index (κ3) is 5.45. The van der Waals surface area contributed by atoms with E-state index in [4.69, 9.17) is 20.8 Å². The number of benzene rings is 2. The first kappa shape index (κ1) is 19.2. The topological polar surface area (TPSA) is 77.2 Å². The number of rotatable bonds is 7. The molecule has 0 unspecified atom stereocenters. The fraction of sp³-hybridized carbons (Fsp3) is 0.167. The number of hydrogen-bond donors (Lipinski definition) is 1. The van der Waals surface area contributed by atoms with E-state index in [1.54, 1.807) is 7.11 Å². The van der Waals surface area contributed by atoms with Crippen LogP contribution >= 0.6 is 23.4 Å². The predicted molar refractivity (Wildman–Crippen MR) is 101 cm³/mol. The minimum absolute atomic E-state index is 0.0534. The number of carbonyl (C=O) groups is 1. The number of anilines is 1. The molecule has 0 saturated heterocycles. The van der Waals surface area contributed by atoms with Crippen molar-refractivity contribution in [3.8, 4) is 5.75 Å². The molecule has 6 nitrogen and oxygen atoms in total. The van der Waals surface area contributed by atoms with Gasteiger partial charge in [-0.25, -0.2) is 4.39 Å². The van der Waals surface area contributed by atoms with E-state index in [2.05, 4.69) is 15.5 Å². The van der Waals surface area contributed by atoms with Crippen molar-refractivity contribution in [1.82, 2.24) is 10.2 Å². The van der Waals surface area contributed by atoms with Gasteiger partial charge in [-0.1, -0.05) is 35.5 Å². The van der Waals surface area contributed by atoms with Crippen molar-refractivity contribution in [1.29, 1.82) is 0 Å². The summed E-state index contributed by atoms with van der Waals surface area (Å²) >= 11 is 6.98. The number of methoxy groups -OCH3 is 1. The van der Waals surface area contributed by atoms with Crippen LogP contribution in [0.25, 0.3) is 0 Å². The highest BCUT2D eigenvalue weighted by Gasteiger charge is 2.12. The molecule has 1 aromatic heterocycles. The zero-order chi connectivity index (χ0) is 19.2. The molecule has 0 fully saturated rings. The Bertz CT molecular complexity index is 934. The van der Waals surface area contributed by atoms with Gasteiger partial charge in [0.1, 0.15) is 11.6 Å². The molecule has 1 amide bonds. The zero-order valence-electron chi connectivity index (χ0n) is 14.2. The zero-order valence-corrected chi connectivity index (χ0v) is 15.8. The van der Waals surface area contributed by atoms with E-state index >= 15 is 0 Å². The number of ether oxygens (including phenoxy) is 1. The Morgan fingerprint density at radius 3 is 2.74 bits per heavy atom. The number of amides is 1. The molecule has 0 spiro atoms. The van der Waals surface area contributed by atoms with E-state index in [9.17, 15) is 9.18 Å². The number of hydrogen-bond acceptors (Lipinski definition) is 6. The Labute approximate surface area is 164 Å². The number of thioether (sulfide) groups is 1. The lowest BCUT2D eigenvalue weighted by molar-refractivity contribution is -0.113. The quantitative estimate of drug-likeness (QED) is 0.592. The molecule has 3 rings (SSSR count).